The van der Waals surface area contributed by atoms with Gasteiger partial charge in [-0.3, -0.25) is 4.79 Å². The van der Waals surface area contributed by atoms with Crippen molar-refractivity contribution in [2.24, 2.45) is 0 Å². The Hall–Kier alpha value is -2.76. The first-order chi connectivity index (χ1) is 11.6. The zero-order valence-corrected chi connectivity index (χ0v) is 13.6. The Morgan fingerprint density at radius 3 is 2.92 bits per heavy atom. The van der Waals surface area contributed by atoms with E-state index in [2.05, 4.69) is 10.6 Å². The quantitative estimate of drug-likeness (QED) is 0.886. The smallest absolute Gasteiger partial charge is 0.315 e. The minimum Gasteiger partial charge on any atom is -0.467 e. The number of hydrogen-bond acceptors (Lipinski definition) is 3. The minimum absolute atomic E-state index is 0.158. The van der Waals surface area contributed by atoms with Crippen LogP contribution < -0.4 is 15.5 Å². The van der Waals surface area contributed by atoms with Gasteiger partial charge in [-0.1, -0.05) is 12.1 Å². The number of rotatable bonds is 5. The predicted molar refractivity (Wildman–Crippen MR) is 90.5 cm³/mol. The number of nitrogens with one attached hydrogen (secondary N) is 2. The van der Waals surface area contributed by atoms with Gasteiger partial charge in [0.05, 0.1) is 12.3 Å². The first-order valence-corrected chi connectivity index (χ1v) is 8.10. The van der Waals surface area contributed by atoms with Crippen LogP contribution in [0.2, 0.25) is 0 Å². The van der Waals surface area contributed by atoms with E-state index >= 15 is 0 Å². The minimum atomic E-state index is -0.262. The van der Waals surface area contributed by atoms with Crippen molar-refractivity contribution < 1.29 is 14.0 Å². The van der Waals surface area contributed by atoms with Crippen molar-refractivity contribution in [3.8, 4) is 0 Å². The molecule has 1 aromatic heterocycles. The van der Waals surface area contributed by atoms with Crippen LogP contribution in [-0.2, 0) is 11.3 Å². The lowest BCUT2D eigenvalue weighted by Gasteiger charge is -2.17. The van der Waals surface area contributed by atoms with Crippen LogP contribution in [0.3, 0.4) is 0 Å². The van der Waals surface area contributed by atoms with Gasteiger partial charge in [0.2, 0.25) is 5.91 Å². The lowest BCUT2D eigenvalue weighted by Crippen LogP contribution is -2.36. The third-order valence-electron chi connectivity index (χ3n) is 4.07. The van der Waals surface area contributed by atoms with E-state index < -0.39 is 0 Å². The fourth-order valence-electron chi connectivity index (χ4n) is 2.79. The highest BCUT2D eigenvalue weighted by Gasteiger charge is 2.21. The van der Waals surface area contributed by atoms with Gasteiger partial charge in [-0.2, -0.15) is 0 Å². The summed E-state index contributed by atoms with van der Waals surface area (Å²) in [5, 5.41) is 5.65. The van der Waals surface area contributed by atoms with Crippen LogP contribution >= 0.6 is 0 Å². The molecule has 1 aromatic carbocycles. The van der Waals surface area contributed by atoms with E-state index in [4.69, 9.17) is 4.42 Å². The maximum absolute atomic E-state index is 12.0. The SMILES string of the molecule is CC(NC(=O)NCc1cccc(N2CCCC2=O)c1)c1ccco1. The van der Waals surface area contributed by atoms with Crippen molar-refractivity contribution in [2.75, 3.05) is 11.4 Å². The second-order valence-electron chi connectivity index (χ2n) is 5.88. The standard InChI is InChI=1S/C18H21N3O3/c1-13(16-7-4-10-24-16)20-18(23)19-12-14-5-2-6-15(11-14)21-9-3-8-17(21)22/h2,4-7,10-11,13H,3,8-9,12H2,1H3,(H2,19,20,23). The predicted octanol–water partition coefficient (Wildman–Crippen LogP) is 2.97. The number of nitrogens with zero attached hydrogens (tertiary/aromatic N) is 1. The summed E-state index contributed by atoms with van der Waals surface area (Å²) in [5.41, 5.74) is 1.84. The Morgan fingerprint density at radius 2 is 2.21 bits per heavy atom. The molecule has 1 aliphatic rings. The molecule has 0 radical (unpaired) electrons. The molecule has 1 aliphatic heterocycles. The summed E-state index contributed by atoms with van der Waals surface area (Å²) in [6.45, 7) is 3.02. The van der Waals surface area contributed by atoms with Gasteiger partial charge >= 0.3 is 6.03 Å². The number of hydrogen-bond donors (Lipinski definition) is 2. The van der Waals surface area contributed by atoms with Crippen LogP contribution in [0.15, 0.2) is 47.1 Å². The molecular formula is C18H21N3O3. The molecule has 0 spiro atoms. The van der Waals surface area contributed by atoms with Gasteiger partial charge in [0, 0.05) is 25.2 Å². The molecule has 126 valence electrons. The first kappa shape index (κ1) is 16.1. The third-order valence-corrected chi connectivity index (χ3v) is 4.07. The molecule has 1 unspecified atom stereocenters. The maximum Gasteiger partial charge on any atom is 0.315 e. The summed E-state index contributed by atoms with van der Waals surface area (Å²) in [4.78, 5) is 25.6. The molecule has 0 saturated carbocycles. The number of carbonyl (C=O) groups excluding carboxylic acids is 2. The third kappa shape index (κ3) is 3.76. The van der Waals surface area contributed by atoms with Crippen molar-refractivity contribution >= 4 is 17.6 Å². The van der Waals surface area contributed by atoms with Gasteiger partial charge in [-0.25, -0.2) is 4.79 Å². The summed E-state index contributed by atoms with van der Waals surface area (Å²) in [5.74, 6) is 0.866. The molecule has 0 aliphatic carbocycles. The molecular weight excluding hydrogens is 306 g/mol. The summed E-state index contributed by atoms with van der Waals surface area (Å²) >= 11 is 0. The molecule has 6 heteroatoms. The second kappa shape index (κ2) is 7.21. The Labute approximate surface area is 140 Å². The Balaban J connectivity index is 1.54. The highest BCUT2D eigenvalue weighted by Crippen LogP contribution is 2.22. The zero-order valence-electron chi connectivity index (χ0n) is 13.6. The van der Waals surface area contributed by atoms with E-state index in [-0.39, 0.29) is 18.0 Å². The average Bonchev–Trinajstić information content (AvgIpc) is 3.24. The van der Waals surface area contributed by atoms with Gasteiger partial charge in [-0.05, 0) is 43.2 Å². The van der Waals surface area contributed by atoms with Gasteiger partial charge in [0.25, 0.3) is 0 Å². The number of anilines is 1. The van der Waals surface area contributed by atoms with E-state index in [9.17, 15) is 9.59 Å². The molecule has 1 fully saturated rings. The number of carbonyl (C=O) groups is 2. The van der Waals surface area contributed by atoms with Crippen molar-refractivity contribution in [2.45, 2.75) is 32.4 Å². The van der Waals surface area contributed by atoms with Gasteiger partial charge < -0.3 is 20.0 Å². The molecule has 2 N–H and O–H groups in total. The monoisotopic (exact) mass is 327 g/mol. The van der Waals surface area contributed by atoms with Crippen LogP contribution in [0, 0.1) is 0 Å². The topological polar surface area (TPSA) is 74.6 Å². The van der Waals surface area contributed by atoms with Crippen LogP contribution in [0.1, 0.15) is 37.1 Å². The Kier molecular flexibility index (Phi) is 4.84. The van der Waals surface area contributed by atoms with E-state index in [1.807, 2.05) is 37.3 Å². The number of benzene rings is 1. The van der Waals surface area contributed by atoms with E-state index in [1.54, 1.807) is 17.2 Å². The van der Waals surface area contributed by atoms with Crippen LogP contribution in [0.25, 0.3) is 0 Å². The molecule has 2 heterocycles. The fourth-order valence-corrected chi connectivity index (χ4v) is 2.79. The fraction of sp³-hybridized carbons (Fsp3) is 0.333. The average molecular weight is 327 g/mol. The van der Waals surface area contributed by atoms with Crippen LogP contribution in [-0.4, -0.2) is 18.5 Å². The molecule has 2 aromatic rings. The lowest BCUT2D eigenvalue weighted by atomic mass is 10.2. The Morgan fingerprint density at radius 1 is 1.33 bits per heavy atom. The molecule has 0 bridgehead atoms. The first-order valence-electron chi connectivity index (χ1n) is 8.10. The number of amides is 3. The Bertz CT molecular complexity index is 712. The molecule has 3 rings (SSSR count). The van der Waals surface area contributed by atoms with E-state index in [1.165, 1.54) is 0 Å². The zero-order chi connectivity index (χ0) is 16.9. The summed E-state index contributed by atoms with van der Waals surface area (Å²) in [6, 6.07) is 10.8. The van der Waals surface area contributed by atoms with Crippen LogP contribution in [0.4, 0.5) is 10.5 Å². The second-order valence-corrected chi connectivity index (χ2v) is 5.88. The highest BCUT2D eigenvalue weighted by molar-refractivity contribution is 5.95. The van der Waals surface area contributed by atoms with Crippen molar-refractivity contribution in [3.63, 3.8) is 0 Å². The lowest BCUT2D eigenvalue weighted by molar-refractivity contribution is -0.117. The number of furan rings is 1. The van der Waals surface area contributed by atoms with Crippen molar-refractivity contribution in [1.29, 1.82) is 0 Å². The summed E-state index contributed by atoms with van der Waals surface area (Å²) in [7, 11) is 0. The van der Waals surface area contributed by atoms with E-state index in [0.717, 1.165) is 24.2 Å². The van der Waals surface area contributed by atoms with E-state index in [0.29, 0.717) is 18.7 Å². The molecule has 24 heavy (non-hydrogen) atoms. The highest BCUT2D eigenvalue weighted by atomic mass is 16.3. The van der Waals surface area contributed by atoms with Crippen molar-refractivity contribution in [1.82, 2.24) is 10.6 Å². The van der Waals surface area contributed by atoms with Gasteiger partial charge in [0.1, 0.15) is 5.76 Å². The molecule has 3 amide bonds. The van der Waals surface area contributed by atoms with Gasteiger partial charge in [0.15, 0.2) is 0 Å². The molecule has 1 saturated heterocycles. The number of urea groups is 1. The summed E-state index contributed by atoms with van der Waals surface area (Å²) in [6.07, 6.45) is 3.08. The van der Waals surface area contributed by atoms with Gasteiger partial charge in [-0.15, -0.1) is 0 Å². The molecule has 1 atom stereocenters. The normalized spacial score (nSPS) is 15.4. The maximum atomic E-state index is 12.0. The largest absolute Gasteiger partial charge is 0.467 e. The van der Waals surface area contributed by atoms with Crippen molar-refractivity contribution in [3.05, 3.63) is 54.0 Å². The molecule has 6 nitrogen and oxygen atoms in total. The van der Waals surface area contributed by atoms with Crippen LogP contribution in [0.5, 0.6) is 0 Å². The summed E-state index contributed by atoms with van der Waals surface area (Å²) < 4.78 is 5.26.